The van der Waals surface area contributed by atoms with Gasteiger partial charge in [-0.2, -0.15) is 0 Å². The smallest absolute Gasteiger partial charge is 0.303 e. The molecule has 0 aliphatic heterocycles. The van der Waals surface area contributed by atoms with E-state index >= 15 is 0 Å². The molecule has 4 heteroatoms. The Morgan fingerprint density at radius 2 is 2.00 bits per heavy atom. The van der Waals surface area contributed by atoms with Crippen LogP contribution in [0.15, 0.2) is 24.3 Å². The molecule has 0 unspecified atom stereocenters. The maximum Gasteiger partial charge on any atom is 0.303 e. The molecular formula is C11H15NO3. The second kappa shape index (κ2) is 7.70. The molecule has 82 valence electrons. The van der Waals surface area contributed by atoms with Gasteiger partial charge in [0.2, 0.25) is 0 Å². The zero-order chi connectivity index (χ0) is 11.7. The molecule has 0 fully saturated rings. The number of aldehydes is 1. The molecule has 0 atom stereocenters. The lowest BCUT2D eigenvalue weighted by Gasteiger charge is -2.00. The maximum atomic E-state index is 10.5. The fraction of sp³-hybridized carbons (Fsp3) is 0.273. The predicted molar refractivity (Wildman–Crippen MR) is 57.9 cm³/mol. The molecular weight excluding hydrogens is 194 g/mol. The van der Waals surface area contributed by atoms with Gasteiger partial charge < -0.3 is 10.8 Å². The van der Waals surface area contributed by atoms with Crippen LogP contribution in [0.25, 0.3) is 0 Å². The van der Waals surface area contributed by atoms with E-state index in [2.05, 4.69) is 5.73 Å². The Labute approximate surface area is 88.7 Å². The van der Waals surface area contributed by atoms with Crippen LogP contribution in [0.2, 0.25) is 0 Å². The van der Waals surface area contributed by atoms with E-state index in [0.29, 0.717) is 12.0 Å². The first-order chi connectivity index (χ1) is 7.24. The summed E-state index contributed by atoms with van der Waals surface area (Å²) in [5.41, 5.74) is 5.86. The van der Waals surface area contributed by atoms with Gasteiger partial charge in [0.1, 0.15) is 6.29 Å². The van der Waals surface area contributed by atoms with Crippen molar-refractivity contribution in [2.75, 3.05) is 7.05 Å². The van der Waals surface area contributed by atoms with E-state index in [4.69, 9.17) is 5.11 Å². The van der Waals surface area contributed by atoms with Crippen LogP contribution in [-0.4, -0.2) is 24.4 Å². The van der Waals surface area contributed by atoms with Gasteiger partial charge in [-0.1, -0.05) is 24.3 Å². The summed E-state index contributed by atoms with van der Waals surface area (Å²) in [7, 11) is 1.50. The fourth-order valence-corrected chi connectivity index (χ4v) is 1.12. The van der Waals surface area contributed by atoms with Gasteiger partial charge in [-0.15, -0.1) is 0 Å². The van der Waals surface area contributed by atoms with E-state index in [1.165, 1.54) is 7.05 Å². The number of aryl methyl sites for hydroxylation is 1. The number of carbonyl (C=O) groups is 2. The maximum absolute atomic E-state index is 10.5. The average molecular weight is 209 g/mol. The predicted octanol–water partition coefficient (Wildman–Crippen LogP) is 1.09. The number of carboxylic acids is 1. The first-order valence-corrected chi connectivity index (χ1v) is 4.56. The molecule has 0 saturated heterocycles. The topological polar surface area (TPSA) is 80.4 Å². The minimum atomic E-state index is -0.847. The first-order valence-electron chi connectivity index (χ1n) is 4.56. The summed E-state index contributed by atoms with van der Waals surface area (Å²) in [6.45, 7) is 0. The molecule has 0 amide bonds. The van der Waals surface area contributed by atoms with Crippen LogP contribution in [-0.2, 0) is 11.2 Å². The van der Waals surface area contributed by atoms with Crippen molar-refractivity contribution < 1.29 is 14.7 Å². The third kappa shape index (κ3) is 4.93. The largest absolute Gasteiger partial charge is 0.481 e. The van der Waals surface area contributed by atoms with Crippen LogP contribution in [0, 0.1) is 0 Å². The van der Waals surface area contributed by atoms with Crippen LogP contribution < -0.4 is 5.73 Å². The highest BCUT2D eigenvalue weighted by molar-refractivity contribution is 5.77. The highest BCUT2D eigenvalue weighted by atomic mass is 16.4. The van der Waals surface area contributed by atoms with Crippen LogP contribution in [0.5, 0.6) is 0 Å². The van der Waals surface area contributed by atoms with Gasteiger partial charge in [0.05, 0.1) is 0 Å². The Kier molecular flexibility index (Phi) is 6.84. The lowest BCUT2D eigenvalue weighted by molar-refractivity contribution is -0.136. The zero-order valence-electron chi connectivity index (χ0n) is 8.64. The van der Waals surface area contributed by atoms with Crippen LogP contribution in [0.1, 0.15) is 22.3 Å². The molecule has 0 aliphatic rings. The monoisotopic (exact) mass is 209 g/mol. The molecule has 0 aromatic heterocycles. The minimum absolute atomic E-state index is 0.0604. The van der Waals surface area contributed by atoms with Crippen molar-refractivity contribution in [3.05, 3.63) is 35.4 Å². The van der Waals surface area contributed by atoms with E-state index in [1.54, 1.807) is 24.3 Å². The first kappa shape index (κ1) is 13.3. The molecule has 1 rings (SSSR count). The Morgan fingerprint density at radius 1 is 1.40 bits per heavy atom. The van der Waals surface area contributed by atoms with Gasteiger partial charge in [0, 0.05) is 12.0 Å². The van der Waals surface area contributed by atoms with Crippen molar-refractivity contribution in [2.45, 2.75) is 12.8 Å². The third-order valence-corrected chi connectivity index (χ3v) is 1.79. The molecule has 0 heterocycles. The Balaban J connectivity index is 0.000000921. The van der Waals surface area contributed by atoms with Gasteiger partial charge in [0.25, 0.3) is 0 Å². The second-order valence-corrected chi connectivity index (χ2v) is 2.71. The van der Waals surface area contributed by atoms with E-state index in [1.807, 2.05) is 0 Å². The van der Waals surface area contributed by atoms with Crippen molar-refractivity contribution in [1.82, 2.24) is 0 Å². The highest BCUT2D eigenvalue weighted by Crippen LogP contribution is 2.08. The van der Waals surface area contributed by atoms with Gasteiger partial charge in [-0.05, 0) is 19.0 Å². The van der Waals surface area contributed by atoms with Gasteiger partial charge in [-0.25, -0.2) is 0 Å². The summed E-state index contributed by atoms with van der Waals surface area (Å²) in [6, 6.07) is 7.01. The second-order valence-electron chi connectivity index (χ2n) is 2.71. The number of rotatable bonds is 4. The molecule has 0 radical (unpaired) electrons. The summed E-state index contributed by atoms with van der Waals surface area (Å²) >= 11 is 0. The Morgan fingerprint density at radius 3 is 2.53 bits per heavy atom. The number of hydrogen-bond acceptors (Lipinski definition) is 3. The lowest BCUT2D eigenvalue weighted by atomic mass is 10.0. The van der Waals surface area contributed by atoms with E-state index in [9.17, 15) is 9.59 Å². The number of carboxylic acid groups (broad SMARTS) is 1. The average Bonchev–Trinajstić information content (AvgIpc) is 2.29. The Bertz CT molecular complexity index is 323. The van der Waals surface area contributed by atoms with Crippen molar-refractivity contribution in [3.63, 3.8) is 0 Å². The number of benzene rings is 1. The van der Waals surface area contributed by atoms with Crippen LogP contribution >= 0.6 is 0 Å². The van der Waals surface area contributed by atoms with Gasteiger partial charge >= 0.3 is 5.97 Å². The van der Waals surface area contributed by atoms with Crippen molar-refractivity contribution in [2.24, 2.45) is 5.73 Å². The Hall–Kier alpha value is -1.68. The molecule has 3 N–H and O–H groups in total. The molecule has 1 aromatic carbocycles. The van der Waals surface area contributed by atoms with Gasteiger partial charge in [-0.3, -0.25) is 9.59 Å². The molecule has 0 saturated carbocycles. The number of hydrogen-bond donors (Lipinski definition) is 2. The van der Waals surface area contributed by atoms with Crippen molar-refractivity contribution in [3.8, 4) is 0 Å². The van der Waals surface area contributed by atoms with Crippen LogP contribution in [0.3, 0.4) is 0 Å². The number of nitrogens with two attached hydrogens (primary N) is 1. The number of carbonyl (C=O) groups excluding carboxylic acids is 1. The van der Waals surface area contributed by atoms with Crippen molar-refractivity contribution in [1.29, 1.82) is 0 Å². The van der Waals surface area contributed by atoms with Crippen LogP contribution in [0.4, 0.5) is 0 Å². The van der Waals surface area contributed by atoms with E-state index < -0.39 is 5.97 Å². The standard InChI is InChI=1S/C10H10O3.CH5N/c11-7-9-4-2-1-3-8(9)5-6-10(12)13;1-2/h1-4,7H,5-6H2,(H,12,13);2H2,1H3. The minimum Gasteiger partial charge on any atom is -0.481 e. The molecule has 1 aromatic rings. The van der Waals surface area contributed by atoms with E-state index in [-0.39, 0.29) is 6.42 Å². The van der Waals surface area contributed by atoms with E-state index in [0.717, 1.165) is 11.8 Å². The van der Waals surface area contributed by atoms with Crippen molar-refractivity contribution >= 4 is 12.3 Å². The summed E-state index contributed by atoms with van der Waals surface area (Å²) in [5.74, 6) is -0.847. The van der Waals surface area contributed by atoms with Gasteiger partial charge in [0.15, 0.2) is 0 Å². The zero-order valence-corrected chi connectivity index (χ0v) is 8.64. The molecule has 0 bridgehead atoms. The summed E-state index contributed by atoms with van der Waals surface area (Å²) in [5, 5.41) is 8.45. The summed E-state index contributed by atoms with van der Waals surface area (Å²) < 4.78 is 0. The lowest BCUT2D eigenvalue weighted by Crippen LogP contribution is -1.99. The SMILES string of the molecule is CN.O=Cc1ccccc1CCC(=O)O. The number of aliphatic carboxylic acids is 1. The fourth-order valence-electron chi connectivity index (χ4n) is 1.12. The molecule has 0 spiro atoms. The molecule has 4 nitrogen and oxygen atoms in total. The normalized spacial score (nSPS) is 8.67. The summed E-state index contributed by atoms with van der Waals surface area (Å²) in [4.78, 5) is 20.8. The molecule has 15 heavy (non-hydrogen) atoms. The summed E-state index contributed by atoms with van der Waals surface area (Å²) in [6.07, 6.45) is 1.21. The third-order valence-electron chi connectivity index (χ3n) is 1.79. The quantitative estimate of drug-likeness (QED) is 0.727. The highest BCUT2D eigenvalue weighted by Gasteiger charge is 2.02. The molecule has 0 aliphatic carbocycles.